The van der Waals surface area contributed by atoms with Crippen LogP contribution in [0, 0.1) is 5.82 Å². The molecule has 0 radical (unpaired) electrons. The van der Waals surface area contributed by atoms with Gasteiger partial charge < -0.3 is 0 Å². The lowest BCUT2D eigenvalue weighted by molar-refractivity contribution is -0.134. The molecule has 0 spiro atoms. The van der Waals surface area contributed by atoms with E-state index in [1.807, 2.05) is 20.8 Å². The summed E-state index contributed by atoms with van der Waals surface area (Å²) in [5, 5.41) is 1.59. The summed E-state index contributed by atoms with van der Waals surface area (Å²) in [6, 6.07) is 6.30. The third-order valence-corrected chi connectivity index (χ3v) is 2.86. The zero-order valence-corrected chi connectivity index (χ0v) is 10.3. The van der Waals surface area contributed by atoms with Crippen LogP contribution in [0.5, 0.6) is 0 Å². The minimum atomic E-state index is -0.295. The van der Waals surface area contributed by atoms with Gasteiger partial charge in [0.2, 0.25) is 5.91 Å². The Morgan fingerprint density at radius 2 is 2.00 bits per heavy atom. The number of hydrogen-bond donors (Lipinski definition) is 1. The van der Waals surface area contributed by atoms with E-state index in [-0.39, 0.29) is 23.3 Å². The summed E-state index contributed by atoms with van der Waals surface area (Å²) in [5.41, 5.74) is 3.34. The number of benzene rings is 1. The van der Waals surface area contributed by atoms with E-state index < -0.39 is 0 Å². The number of amides is 1. The molecule has 3 nitrogen and oxygen atoms in total. The van der Waals surface area contributed by atoms with E-state index in [1.54, 1.807) is 23.2 Å². The maximum Gasteiger partial charge on any atom is 0.239 e. The van der Waals surface area contributed by atoms with E-state index in [0.29, 0.717) is 12.0 Å². The second-order valence-corrected chi connectivity index (χ2v) is 5.31. The van der Waals surface area contributed by atoms with Crippen LogP contribution < -0.4 is 5.43 Å². The van der Waals surface area contributed by atoms with Crippen molar-refractivity contribution in [1.82, 2.24) is 10.4 Å². The zero-order chi connectivity index (χ0) is 12.6. The van der Waals surface area contributed by atoms with Gasteiger partial charge in [0.05, 0.1) is 11.6 Å². The Bertz CT molecular complexity index is 439. The first-order valence-electron chi connectivity index (χ1n) is 5.73. The molecule has 1 N–H and O–H groups in total. The van der Waals surface area contributed by atoms with E-state index in [1.165, 1.54) is 6.07 Å². The molecule has 2 rings (SSSR count). The summed E-state index contributed by atoms with van der Waals surface area (Å²) >= 11 is 0. The lowest BCUT2D eigenvalue weighted by Crippen LogP contribution is -2.48. The number of halogens is 1. The lowest BCUT2D eigenvalue weighted by Gasteiger charge is -2.32. The molecular formula is C13H17FN2O. The molecule has 1 heterocycles. The molecule has 1 amide bonds. The smallest absolute Gasteiger partial charge is 0.239 e. The van der Waals surface area contributed by atoms with Crippen molar-refractivity contribution in [3.8, 4) is 0 Å². The lowest BCUT2D eigenvalue weighted by atomic mass is 10.0. The summed E-state index contributed by atoms with van der Waals surface area (Å²) in [5.74, 6) is -0.265. The van der Waals surface area contributed by atoms with Gasteiger partial charge in [-0.1, -0.05) is 18.2 Å². The molecule has 1 atom stereocenters. The molecule has 1 fully saturated rings. The van der Waals surface area contributed by atoms with Crippen molar-refractivity contribution in [2.45, 2.75) is 38.8 Å². The summed E-state index contributed by atoms with van der Waals surface area (Å²) < 4.78 is 13.6. The van der Waals surface area contributed by atoms with Gasteiger partial charge in [-0.3, -0.25) is 9.80 Å². The van der Waals surface area contributed by atoms with Crippen LogP contribution in [0.4, 0.5) is 4.39 Å². The van der Waals surface area contributed by atoms with E-state index in [2.05, 4.69) is 5.43 Å². The van der Waals surface area contributed by atoms with Crippen molar-refractivity contribution in [2.24, 2.45) is 0 Å². The molecule has 1 aliphatic heterocycles. The van der Waals surface area contributed by atoms with Gasteiger partial charge in [-0.15, -0.1) is 0 Å². The maximum absolute atomic E-state index is 13.6. The van der Waals surface area contributed by atoms with Gasteiger partial charge >= 0.3 is 0 Å². The molecule has 1 saturated heterocycles. The van der Waals surface area contributed by atoms with Crippen molar-refractivity contribution in [2.75, 3.05) is 0 Å². The SMILES string of the molecule is CC(C)(C)N1NC(c2ccccc2F)CC1=O. The Labute approximate surface area is 101 Å². The van der Waals surface area contributed by atoms with Gasteiger partial charge in [0.1, 0.15) is 5.82 Å². The molecule has 92 valence electrons. The van der Waals surface area contributed by atoms with Gasteiger partial charge in [-0.25, -0.2) is 9.82 Å². The molecule has 1 aromatic rings. The third-order valence-electron chi connectivity index (χ3n) is 2.86. The Balaban J connectivity index is 2.23. The van der Waals surface area contributed by atoms with Crippen LogP contribution in [0.3, 0.4) is 0 Å². The second kappa shape index (κ2) is 4.11. The Kier molecular flexibility index (Phi) is 2.91. The molecule has 1 aromatic carbocycles. The van der Waals surface area contributed by atoms with E-state index in [9.17, 15) is 9.18 Å². The fraction of sp³-hybridized carbons (Fsp3) is 0.462. The van der Waals surface area contributed by atoms with Crippen LogP contribution in [0.15, 0.2) is 24.3 Å². The normalized spacial score (nSPS) is 21.1. The maximum atomic E-state index is 13.6. The highest BCUT2D eigenvalue weighted by atomic mass is 19.1. The average Bonchev–Trinajstić information content (AvgIpc) is 2.60. The molecule has 1 aliphatic rings. The predicted molar refractivity (Wildman–Crippen MR) is 63.5 cm³/mol. The fourth-order valence-electron chi connectivity index (χ4n) is 2.04. The topological polar surface area (TPSA) is 32.3 Å². The predicted octanol–water partition coefficient (Wildman–Crippen LogP) is 2.40. The number of nitrogens with zero attached hydrogens (tertiary/aromatic N) is 1. The third kappa shape index (κ3) is 2.31. The first kappa shape index (κ1) is 12.0. The summed E-state index contributed by atoms with van der Waals surface area (Å²) in [6.45, 7) is 5.84. The molecule has 4 heteroatoms. The number of carbonyl (C=O) groups is 1. The van der Waals surface area contributed by atoms with Crippen LogP contribution >= 0.6 is 0 Å². The first-order valence-corrected chi connectivity index (χ1v) is 5.73. The minimum absolute atomic E-state index is 0.00533. The van der Waals surface area contributed by atoms with Crippen LogP contribution in [0.1, 0.15) is 38.8 Å². The Morgan fingerprint density at radius 3 is 2.53 bits per heavy atom. The number of hydrogen-bond acceptors (Lipinski definition) is 2. The summed E-state index contributed by atoms with van der Waals surface area (Å²) in [7, 11) is 0. The molecule has 0 aliphatic carbocycles. The van der Waals surface area contributed by atoms with Crippen molar-refractivity contribution in [3.05, 3.63) is 35.6 Å². The van der Waals surface area contributed by atoms with Gasteiger partial charge in [-0.05, 0) is 26.8 Å². The van der Waals surface area contributed by atoms with E-state index in [4.69, 9.17) is 0 Å². The highest BCUT2D eigenvalue weighted by Crippen LogP contribution is 2.29. The van der Waals surface area contributed by atoms with Gasteiger partial charge in [-0.2, -0.15) is 0 Å². The first-order chi connectivity index (χ1) is 7.89. The Morgan fingerprint density at radius 1 is 1.35 bits per heavy atom. The van der Waals surface area contributed by atoms with Gasteiger partial charge in [0.15, 0.2) is 0 Å². The minimum Gasteiger partial charge on any atom is -0.273 e. The monoisotopic (exact) mass is 236 g/mol. The van der Waals surface area contributed by atoms with Crippen molar-refractivity contribution < 1.29 is 9.18 Å². The van der Waals surface area contributed by atoms with E-state index in [0.717, 1.165) is 0 Å². The molecule has 1 unspecified atom stereocenters. The van der Waals surface area contributed by atoms with Crippen molar-refractivity contribution in [3.63, 3.8) is 0 Å². The van der Waals surface area contributed by atoms with Crippen LogP contribution in [0.2, 0.25) is 0 Å². The van der Waals surface area contributed by atoms with Gasteiger partial charge in [0, 0.05) is 12.0 Å². The number of hydrazine groups is 1. The summed E-state index contributed by atoms with van der Waals surface area (Å²) in [4.78, 5) is 11.9. The quantitative estimate of drug-likeness (QED) is 0.812. The number of carbonyl (C=O) groups excluding carboxylic acids is 1. The van der Waals surface area contributed by atoms with E-state index >= 15 is 0 Å². The van der Waals surface area contributed by atoms with Crippen LogP contribution in [0.25, 0.3) is 0 Å². The second-order valence-electron chi connectivity index (χ2n) is 5.31. The number of rotatable bonds is 1. The van der Waals surface area contributed by atoms with Crippen LogP contribution in [-0.2, 0) is 4.79 Å². The molecular weight excluding hydrogens is 219 g/mol. The highest BCUT2D eigenvalue weighted by Gasteiger charge is 2.37. The largest absolute Gasteiger partial charge is 0.273 e. The summed E-state index contributed by atoms with van der Waals surface area (Å²) in [6.07, 6.45) is 0.304. The highest BCUT2D eigenvalue weighted by molar-refractivity contribution is 5.79. The van der Waals surface area contributed by atoms with Crippen molar-refractivity contribution >= 4 is 5.91 Å². The standard InChI is InChI=1S/C13H17FN2O/c1-13(2,3)16-12(17)8-11(15-16)9-6-4-5-7-10(9)14/h4-7,11,15H,8H2,1-3H3. The molecule has 17 heavy (non-hydrogen) atoms. The molecule has 0 bridgehead atoms. The Hall–Kier alpha value is -1.42. The van der Waals surface area contributed by atoms with Gasteiger partial charge in [0.25, 0.3) is 0 Å². The fourth-order valence-corrected chi connectivity index (χ4v) is 2.04. The van der Waals surface area contributed by atoms with Crippen molar-refractivity contribution in [1.29, 1.82) is 0 Å². The molecule has 0 saturated carbocycles. The average molecular weight is 236 g/mol. The zero-order valence-electron chi connectivity index (χ0n) is 10.3. The van der Waals surface area contributed by atoms with Crippen LogP contribution in [-0.4, -0.2) is 16.5 Å². The molecule has 0 aromatic heterocycles. The number of nitrogens with one attached hydrogen (secondary N) is 1.